The molecule has 9 heteroatoms. The van der Waals surface area contributed by atoms with Crippen molar-refractivity contribution in [3.05, 3.63) is 70.7 Å². The van der Waals surface area contributed by atoms with Crippen LogP contribution in [0.1, 0.15) is 10.4 Å². The number of carbonyl (C=O) groups excluding carboxylic acids is 3. The Morgan fingerprint density at radius 2 is 1.65 bits per heavy atom. The molecule has 0 saturated heterocycles. The summed E-state index contributed by atoms with van der Waals surface area (Å²) in [5.41, 5.74) is 1.15. The minimum Gasteiger partial charge on any atom is -0.493 e. The maximum atomic E-state index is 13.6. The Morgan fingerprint density at radius 3 is 2.24 bits per heavy atom. The van der Waals surface area contributed by atoms with Gasteiger partial charge in [0, 0.05) is 22.2 Å². The van der Waals surface area contributed by atoms with Crippen molar-refractivity contribution in [3.8, 4) is 17.2 Å². The fraction of sp³-hybridized carbons (Fsp3) is 0.200. The second-order valence-corrected chi connectivity index (χ2v) is 8.42. The molecule has 2 aliphatic rings. The van der Waals surface area contributed by atoms with E-state index >= 15 is 0 Å². The fourth-order valence-corrected chi connectivity index (χ4v) is 4.19. The minimum atomic E-state index is -0.723. The summed E-state index contributed by atoms with van der Waals surface area (Å²) < 4.78 is 18.3. The molecule has 0 N–H and O–H groups in total. The van der Waals surface area contributed by atoms with Crippen molar-refractivity contribution in [1.82, 2.24) is 0 Å². The highest BCUT2D eigenvalue weighted by Crippen LogP contribution is 2.42. The van der Waals surface area contributed by atoms with Gasteiger partial charge in [-0.15, -0.1) is 4.90 Å². The van der Waals surface area contributed by atoms with Crippen LogP contribution in [0.4, 0.5) is 10.5 Å². The molecule has 1 atom stereocenters. The Labute approximate surface area is 204 Å². The highest BCUT2D eigenvalue weighted by Gasteiger charge is 2.49. The van der Waals surface area contributed by atoms with Crippen LogP contribution in [-0.2, 0) is 4.79 Å². The molecule has 0 spiro atoms. The van der Waals surface area contributed by atoms with E-state index in [1.807, 2.05) is 0 Å². The summed E-state index contributed by atoms with van der Waals surface area (Å²) in [6.45, 7) is -0.224. The number of halogens is 1. The Morgan fingerprint density at radius 1 is 1.00 bits per heavy atom. The summed E-state index contributed by atoms with van der Waals surface area (Å²) >= 11 is 3.35. The number of ketones is 1. The van der Waals surface area contributed by atoms with Gasteiger partial charge in [-0.3, -0.25) is 4.79 Å². The number of urea groups is 1. The van der Waals surface area contributed by atoms with Crippen molar-refractivity contribution >= 4 is 45.1 Å². The second-order valence-electron chi connectivity index (χ2n) is 7.50. The number of anilines is 1. The first-order chi connectivity index (χ1) is 16.4. The molecular formula is C25H22BrN2O6+. The van der Waals surface area contributed by atoms with Crippen molar-refractivity contribution in [2.75, 3.05) is 32.8 Å². The molecule has 4 rings (SSSR count). The van der Waals surface area contributed by atoms with Gasteiger partial charge in [0.15, 0.2) is 18.0 Å². The van der Waals surface area contributed by atoms with Crippen molar-refractivity contribution in [2.45, 2.75) is 0 Å². The molecule has 1 unspecified atom stereocenters. The number of methoxy groups -OCH3 is 3. The van der Waals surface area contributed by atoms with E-state index in [2.05, 4.69) is 15.9 Å². The Balaban J connectivity index is 1.79. The minimum absolute atomic E-state index is 0.224. The third kappa shape index (κ3) is 4.14. The molecule has 0 fully saturated rings. The number of nitrogens with zero attached hydrogens (tertiary/aromatic N) is 2. The lowest BCUT2D eigenvalue weighted by atomic mass is 9.94. The van der Waals surface area contributed by atoms with Crippen LogP contribution in [0.15, 0.2) is 65.2 Å². The van der Waals surface area contributed by atoms with Gasteiger partial charge in [0.25, 0.3) is 0 Å². The van der Waals surface area contributed by atoms with Crippen molar-refractivity contribution in [2.24, 2.45) is 5.92 Å². The number of hydrogen-bond acceptors (Lipinski definition) is 6. The number of ether oxygens (including phenoxy) is 3. The number of carbonyl (C=O) groups is 3. The molecule has 0 bridgehead atoms. The molecule has 2 aromatic rings. The number of allylic oxidation sites excluding steroid dienone is 3. The summed E-state index contributed by atoms with van der Waals surface area (Å²) in [5, 5.41) is 0. The third-order valence-corrected chi connectivity index (χ3v) is 6.12. The predicted octanol–water partition coefficient (Wildman–Crippen LogP) is 4.02. The van der Waals surface area contributed by atoms with E-state index in [0.717, 1.165) is 9.37 Å². The third-order valence-electron chi connectivity index (χ3n) is 5.60. The lowest BCUT2D eigenvalue weighted by Crippen LogP contribution is -2.55. The first-order valence-corrected chi connectivity index (χ1v) is 11.1. The number of amides is 3. The van der Waals surface area contributed by atoms with E-state index in [1.54, 1.807) is 48.6 Å². The van der Waals surface area contributed by atoms with Crippen LogP contribution in [0, 0.1) is 5.92 Å². The monoisotopic (exact) mass is 525 g/mol. The number of benzene rings is 2. The van der Waals surface area contributed by atoms with Gasteiger partial charge < -0.3 is 14.2 Å². The first-order valence-electron chi connectivity index (χ1n) is 10.4. The molecule has 0 saturated carbocycles. The highest BCUT2D eigenvalue weighted by molar-refractivity contribution is 9.10. The van der Waals surface area contributed by atoms with E-state index in [4.69, 9.17) is 14.2 Å². The number of rotatable bonds is 7. The van der Waals surface area contributed by atoms with Gasteiger partial charge in [-0.2, -0.15) is 9.37 Å². The van der Waals surface area contributed by atoms with E-state index < -0.39 is 17.9 Å². The van der Waals surface area contributed by atoms with Crippen LogP contribution >= 0.6 is 15.9 Å². The van der Waals surface area contributed by atoms with E-state index in [1.165, 1.54) is 38.0 Å². The summed E-state index contributed by atoms with van der Waals surface area (Å²) in [6.07, 6.45) is 6.86. The van der Waals surface area contributed by atoms with Crippen LogP contribution in [-0.4, -0.2) is 55.9 Å². The smallest absolute Gasteiger partial charge is 0.493 e. The van der Waals surface area contributed by atoms with Gasteiger partial charge in [0.05, 0.1) is 21.3 Å². The number of fused-ring (bicyclic) bond motifs is 1. The van der Waals surface area contributed by atoms with Crippen LogP contribution in [0.5, 0.6) is 17.2 Å². The molecule has 0 radical (unpaired) electrons. The number of imide groups is 1. The fourth-order valence-electron chi connectivity index (χ4n) is 3.93. The van der Waals surface area contributed by atoms with Crippen LogP contribution in [0.3, 0.4) is 0 Å². The van der Waals surface area contributed by atoms with Crippen molar-refractivity contribution < 1.29 is 33.2 Å². The van der Waals surface area contributed by atoms with Gasteiger partial charge in [-0.1, -0.05) is 46.3 Å². The van der Waals surface area contributed by atoms with Crippen LogP contribution < -0.4 is 19.1 Å². The molecule has 3 amide bonds. The second kappa shape index (κ2) is 9.64. The van der Waals surface area contributed by atoms with Gasteiger partial charge in [0.2, 0.25) is 11.5 Å². The zero-order chi connectivity index (χ0) is 24.4. The lowest BCUT2D eigenvalue weighted by molar-refractivity contribution is -0.413. The molecule has 1 aliphatic carbocycles. The zero-order valence-electron chi connectivity index (χ0n) is 18.8. The molecule has 34 heavy (non-hydrogen) atoms. The summed E-state index contributed by atoms with van der Waals surface area (Å²) in [5.74, 6) is -0.496. The van der Waals surface area contributed by atoms with Crippen molar-refractivity contribution in [1.29, 1.82) is 0 Å². The average Bonchev–Trinajstić information content (AvgIpc) is 2.86. The Bertz CT molecular complexity index is 1240. The molecule has 1 heterocycles. The topological polar surface area (TPSA) is 85.2 Å². The van der Waals surface area contributed by atoms with Gasteiger partial charge in [-0.05, 0) is 18.2 Å². The average molecular weight is 526 g/mol. The standard InChI is InChI=1S/C25H22BrN2O6/c1-32-21-12-17(13-22(33-2)23(21)34-3)28-24(30)18-6-4-5-7-19(18)27(25(28)31)14-20(29)15-8-10-16(26)11-9-15/h4-13,18H,14H2,1-3H3/q+1. The summed E-state index contributed by atoms with van der Waals surface area (Å²) in [4.78, 5) is 41.1. The lowest BCUT2D eigenvalue weighted by Gasteiger charge is -2.27. The Hall–Kier alpha value is -3.72. The predicted molar refractivity (Wildman–Crippen MR) is 129 cm³/mol. The molecule has 1 aliphatic heterocycles. The van der Waals surface area contributed by atoms with Crippen LogP contribution in [0.25, 0.3) is 0 Å². The number of hydrogen-bond donors (Lipinski definition) is 0. The van der Waals surface area contributed by atoms with Crippen molar-refractivity contribution in [3.63, 3.8) is 0 Å². The quantitative estimate of drug-likeness (QED) is 0.401. The van der Waals surface area contributed by atoms with Gasteiger partial charge in [-0.25, -0.2) is 4.79 Å². The zero-order valence-corrected chi connectivity index (χ0v) is 20.4. The maximum Gasteiger partial charge on any atom is 0.506 e. The van der Waals surface area contributed by atoms with E-state index in [-0.39, 0.29) is 18.0 Å². The maximum absolute atomic E-state index is 13.6. The largest absolute Gasteiger partial charge is 0.506 e. The normalized spacial score (nSPS) is 17.1. The van der Waals surface area contributed by atoms with E-state index in [9.17, 15) is 14.4 Å². The van der Waals surface area contributed by atoms with Gasteiger partial charge >= 0.3 is 11.9 Å². The number of Topliss-reactive ketones (excluding diaryl/α,β-unsaturated/α-hetero) is 1. The van der Waals surface area contributed by atoms with E-state index in [0.29, 0.717) is 28.5 Å². The molecule has 0 aromatic heterocycles. The van der Waals surface area contributed by atoms with Crippen LogP contribution in [0.2, 0.25) is 0 Å². The molecule has 174 valence electrons. The highest BCUT2D eigenvalue weighted by atomic mass is 79.9. The molecule has 2 aromatic carbocycles. The SMILES string of the molecule is COc1cc(N2C(=O)C3C=CC=CC3=[N+](CC(=O)c3ccc(Br)cc3)C2=O)cc(OC)c1OC. The molecule has 8 nitrogen and oxygen atoms in total. The van der Waals surface area contributed by atoms with Gasteiger partial charge in [0.1, 0.15) is 17.3 Å². The molecular weight excluding hydrogens is 504 g/mol. The summed E-state index contributed by atoms with van der Waals surface area (Å²) in [6, 6.07) is 9.30. The summed E-state index contributed by atoms with van der Waals surface area (Å²) in [7, 11) is 4.36. The first kappa shape index (κ1) is 23.4. The Kier molecular flexibility index (Phi) is 6.65.